The first-order valence-electron chi connectivity index (χ1n) is 5.37. The van der Waals surface area contributed by atoms with Crippen molar-refractivity contribution >= 4 is 30.5 Å². The van der Waals surface area contributed by atoms with Gasteiger partial charge in [-0.15, -0.1) is 0 Å². The van der Waals surface area contributed by atoms with Crippen molar-refractivity contribution < 1.29 is 19.5 Å². The molecule has 0 saturated carbocycles. The number of rotatable bonds is 3. The summed E-state index contributed by atoms with van der Waals surface area (Å²) in [6.45, 7) is 3.68. The summed E-state index contributed by atoms with van der Waals surface area (Å²) in [5, 5.41) is 12.0. The summed E-state index contributed by atoms with van der Waals surface area (Å²) >= 11 is 3.67. The largest absolute Gasteiger partial charge is 0.396 e. The first kappa shape index (κ1) is 15.9. The highest BCUT2D eigenvalue weighted by Crippen LogP contribution is 2.28. The summed E-state index contributed by atoms with van der Waals surface area (Å²) in [6, 6.07) is -0.729. The zero-order valence-corrected chi connectivity index (χ0v) is 10.8. The molecule has 0 aromatic rings. The quantitative estimate of drug-likeness (QED) is 0.427. The van der Waals surface area contributed by atoms with E-state index in [4.69, 9.17) is 5.11 Å². The molecule has 1 aliphatic heterocycles. The molecule has 0 unspecified atom stereocenters. The second kappa shape index (κ2) is 7.29. The minimum Gasteiger partial charge on any atom is -0.396 e. The maximum Gasteiger partial charge on any atom is 0.328 e. The monoisotopic (exact) mass is 262 g/mol. The van der Waals surface area contributed by atoms with E-state index in [1.54, 1.807) is 13.8 Å². The number of amides is 4. The SMILES string of the molecule is CCC1(CC)C(=O)NC(=O)NC1=O.OCCS. The van der Waals surface area contributed by atoms with Crippen LogP contribution in [-0.2, 0) is 9.59 Å². The van der Waals surface area contributed by atoms with Crippen molar-refractivity contribution in [3.05, 3.63) is 0 Å². The van der Waals surface area contributed by atoms with Gasteiger partial charge in [0.15, 0.2) is 0 Å². The van der Waals surface area contributed by atoms with E-state index in [9.17, 15) is 14.4 Å². The van der Waals surface area contributed by atoms with E-state index in [0.29, 0.717) is 18.6 Å². The third-order valence-electron chi connectivity index (χ3n) is 2.63. The summed E-state index contributed by atoms with van der Waals surface area (Å²) in [7, 11) is 0. The lowest BCUT2D eigenvalue weighted by Gasteiger charge is -2.31. The number of thiol groups is 1. The molecule has 0 spiro atoms. The molecule has 0 aromatic carbocycles. The number of aliphatic hydroxyl groups excluding tert-OH is 1. The Morgan fingerprint density at radius 3 is 1.71 bits per heavy atom. The summed E-state index contributed by atoms with van der Waals surface area (Å²) in [5.41, 5.74) is -1.06. The highest BCUT2D eigenvalue weighted by atomic mass is 32.1. The summed E-state index contributed by atoms with van der Waals surface area (Å²) in [5.74, 6) is -0.419. The van der Waals surface area contributed by atoms with Crippen LogP contribution in [0.4, 0.5) is 4.79 Å². The van der Waals surface area contributed by atoms with E-state index < -0.39 is 23.3 Å². The van der Waals surface area contributed by atoms with Gasteiger partial charge < -0.3 is 5.11 Å². The van der Waals surface area contributed by atoms with Crippen LogP contribution < -0.4 is 10.6 Å². The number of carbonyl (C=O) groups is 3. The van der Waals surface area contributed by atoms with Crippen LogP contribution in [0.2, 0.25) is 0 Å². The molecule has 1 heterocycles. The van der Waals surface area contributed by atoms with Crippen molar-refractivity contribution in [1.82, 2.24) is 10.6 Å². The molecular formula is C10H18N2O4S. The van der Waals surface area contributed by atoms with Crippen molar-refractivity contribution in [2.24, 2.45) is 5.41 Å². The zero-order valence-electron chi connectivity index (χ0n) is 9.95. The number of hydrogen-bond donors (Lipinski definition) is 4. The Kier molecular flexibility index (Phi) is 6.82. The molecule has 1 saturated heterocycles. The van der Waals surface area contributed by atoms with Crippen molar-refractivity contribution in [1.29, 1.82) is 0 Å². The first-order chi connectivity index (χ1) is 7.98. The van der Waals surface area contributed by atoms with Gasteiger partial charge in [0.1, 0.15) is 5.41 Å². The van der Waals surface area contributed by atoms with E-state index in [-0.39, 0.29) is 6.61 Å². The van der Waals surface area contributed by atoms with Crippen molar-refractivity contribution in [3.63, 3.8) is 0 Å². The average molecular weight is 262 g/mol. The number of urea groups is 1. The van der Waals surface area contributed by atoms with Crippen LogP contribution in [0.15, 0.2) is 0 Å². The Balaban J connectivity index is 0.000000557. The Hall–Kier alpha value is -1.08. The minimum atomic E-state index is -1.06. The van der Waals surface area contributed by atoms with Gasteiger partial charge in [0.2, 0.25) is 11.8 Å². The number of nitrogens with one attached hydrogen (secondary N) is 2. The highest BCUT2D eigenvalue weighted by Gasteiger charge is 2.47. The van der Waals surface area contributed by atoms with Crippen LogP contribution in [-0.4, -0.2) is 35.3 Å². The molecular weight excluding hydrogens is 244 g/mol. The lowest BCUT2D eigenvalue weighted by molar-refractivity contribution is -0.144. The molecule has 3 N–H and O–H groups in total. The smallest absolute Gasteiger partial charge is 0.328 e. The van der Waals surface area contributed by atoms with Crippen LogP contribution >= 0.6 is 12.6 Å². The molecule has 0 radical (unpaired) electrons. The fourth-order valence-electron chi connectivity index (χ4n) is 1.47. The van der Waals surface area contributed by atoms with E-state index in [0.717, 1.165) is 0 Å². The number of aliphatic hydroxyl groups is 1. The third kappa shape index (κ3) is 3.71. The van der Waals surface area contributed by atoms with E-state index in [1.807, 2.05) is 0 Å². The van der Waals surface area contributed by atoms with Gasteiger partial charge in [0, 0.05) is 5.75 Å². The number of carbonyl (C=O) groups excluding carboxylic acids is 3. The van der Waals surface area contributed by atoms with Crippen molar-refractivity contribution in [2.45, 2.75) is 26.7 Å². The topological polar surface area (TPSA) is 95.5 Å². The van der Waals surface area contributed by atoms with Crippen molar-refractivity contribution in [3.8, 4) is 0 Å². The Bertz CT molecular complexity index is 279. The first-order valence-corrected chi connectivity index (χ1v) is 6.00. The second-order valence-corrected chi connectivity index (χ2v) is 3.92. The molecule has 0 aliphatic carbocycles. The normalized spacial score (nSPS) is 17.8. The fraction of sp³-hybridized carbons (Fsp3) is 0.700. The molecule has 1 fully saturated rings. The van der Waals surface area contributed by atoms with Gasteiger partial charge in [-0.05, 0) is 12.8 Å². The molecule has 0 aromatic heterocycles. The Morgan fingerprint density at radius 1 is 1.12 bits per heavy atom. The van der Waals surface area contributed by atoms with Gasteiger partial charge in [-0.25, -0.2) is 4.79 Å². The molecule has 1 aliphatic rings. The molecule has 6 nitrogen and oxygen atoms in total. The molecule has 98 valence electrons. The van der Waals surface area contributed by atoms with Gasteiger partial charge >= 0.3 is 6.03 Å². The van der Waals surface area contributed by atoms with Crippen molar-refractivity contribution in [2.75, 3.05) is 12.4 Å². The van der Waals surface area contributed by atoms with Crippen LogP contribution in [0.1, 0.15) is 26.7 Å². The van der Waals surface area contributed by atoms with Crippen LogP contribution in [0, 0.1) is 5.41 Å². The Labute approximate surface area is 106 Å². The lowest BCUT2D eigenvalue weighted by Crippen LogP contribution is -2.61. The lowest BCUT2D eigenvalue weighted by atomic mass is 9.79. The molecule has 0 bridgehead atoms. The average Bonchev–Trinajstić information content (AvgIpc) is 2.30. The van der Waals surface area contributed by atoms with Gasteiger partial charge in [-0.3, -0.25) is 20.2 Å². The fourth-order valence-corrected chi connectivity index (χ4v) is 1.47. The molecule has 4 amide bonds. The number of barbiturate groups is 1. The summed E-state index contributed by atoms with van der Waals surface area (Å²) in [4.78, 5) is 33.6. The van der Waals surface area contributed by atoms with E-state index >= 15 is 0 Å². The minimum absolute atomic E-state index is 0.184. The van der Waals surface area contributed by atoms with Crippen LogP contribution in [0.25, 0.3) is 0 Å². The van der Waals surface area contributed by atoms with Crippen LogP contribution in [0.5, 0.6) is 0 Å². The Morgan fingerprint density at radius 2 is 1.47 bits per heavy atom. The maximum absolute atomic E-state index is 11.4. The van der Waals surface area contributed by atoms with Gasteiger partial charge in [-0.1, -0.05) is 13.8 Å². The molecule has 7 heteroatoms. The zero-order chi connectivity index (χ0) is 13.5. The standard InChI is InChI=1S/C8H12N2O3.C2H6OS/c1-3-8(4-2)5(11)9-7(13)10-6(8)12;3-1-2-4/h3-4H2,1-2H3,(H2,9,10,11,12,13);3-4H,1-2H2. The second-order valence-electron chi connectivity index (χ2n) is 3.47. The maximum atomic E-state index is 11.4. The van der Waals surface area contributed by atoms with E-state index in [2.05, 4.69) is 23.3 Å². The van der Waals surface area contributed by atoms with Gasteiger partial charge in [-0.2, -0.15) is 12.6 Å². The summed E-state index contributed by atoms with van der Waals surface area (Å²) < 4.78 is 0. The highest BCUT2D eigenvalue weighted by molar-refractivity contribution is 7.80. The predicted molar refractivity (Wildman–Crippen MR) is 65.6 cm³/mol. The van der Waals surface area contributed by atoms with Gasteiger partial charge in [0.25, 0.3) is 0 Å². The van der Waals surface area contributed by atoms with E-state index in [1.165, 1.54) is 0 Å². The third-order valence-corrected chi connectivity index (χ3v) is 2.83. The van der Waals surface area contributed by atoms with Gasteiger partial charge in [0.05, 0.1) is 6.61 Å². The van der Waals surface area contributed by atoms with Crippen LogP contribution in [0.3, 0.4) is 0 Å². The summed E-state index contributed by atoms with van der Waals surface area (Å²) in [6.07, 6.45) is 0.795. The number of imide groups is 2. The number of hydrogen-bond acceptors (Lipinski definition) is 5. The molecule has 0 atom stereocenters. The molecule has 17 heavy (non-hydrogen) atoms. The molecule has 1 rings (SSSR count). The predicted octanol–water partition coefficient (Wildman–Crippen LogP) is 0.0673.